The van der Waals surface area contributed by atoms with Crippen molar-refractivity contribution in [2.45, 2.75) is 33.0 Å². The molecule has 0 saturated heterocycles. The van der Waals surface area contributed by atoms with E-state index in [1.807, 2.05) is 24.5 Å². The van der Waals surface area contributed by atoms with E-state index in [9.17, 15) is 0 Å². The second-order valence-corrected chi connectivity index (χ2v) is 4.22. The van der Waals surface area contributed by atoms with Crippen molar-refractivity contribution < 1.29 is 0 Å². The lowest BCUT2D eigenvalue weighted by Crippen LogP contribution is -2.12. The van der Waals surface area contributed by atoms with Crippen LogP contribution in [0.15, 0.2) is 43.0 Å². The minimum absolute atomic E-state index is 0.890. The van der Waals surface area contributed by atoms with Crippen molar-refractivity contribution in [1.82, 2.24) is 14.9 Å². The smallest absolute Gasteiger partial charge is 0.0271 e. The van der Waals surface area contributed by atoms with E-state index in [4.69, 9.17) is 0 Å². The van der Waals surface area contributed by atoms with Gasteiger partial charge in [-0.15, -0.1) is 0 Å². The lowest BCUT2D eigenvalue weighted by molar-refractivity contribution is 0.668. The molecule has 0 aromatic carbocycles. The first-order valence-corrected chi connectivity index (χ1v) is 6.13. The SMILES string of the molecule is CCCn1ccc(CNCc2ccncc2)c1. The number of hydrogen-bond acceptors (Lipinski definition) is 2. The second-order valence-electron chi connectivity index (χ2n) is 4.22. The van der Waals surface area contributed by atoms with Gasteiger partial charge >= 0.3 is 0 Å². The number of nitrogens with one attached hydrogen (secondary N) is 1. The second kappa shape index (κ2) is 6.21. The Morgan fingerprint density at radius 1 is 1.12 bits per heavy atom. The quantitative estimate of drug-likeness (QED) is 0.825. The third kappa shape index (κ3) is 3.71. The van der Waals surface area contributed by atoms with Crippen LogP contribution >= 0.6 is 0 Å². The molecule has 90 valence electrons. The van der Waals surface area contributed by atoms with Crippen LogP contribution in [-0.4, -0.2) is 9.55 Å². The molecule has 3 heteroatoms. The van der Waals surface area contributed by atoms with Gasteiger partial charge in [-0.25, -0.2) is 0 Å². The molecule has 0 radical (unpaired) electrons. The van der Waals surface area contributed by atoms with E-state index in [0.717, 1.165) is 19.6 Å². The monoisotopic (exact) mass is 229 g/mol. The van der Waals surface area contributed by atoms with E-state index in [-0.39, 0.29) is 0 Å². The first-order valence-electron chi connectivity index (χ1n) is 6.13. The maximum Gasteiger partial charge on any atom is 0.0271 e. The molecular weight excluding hydrogens is 210 g/mol. The third-order valence-corrected chi connectivity index (χ3v) is 2.70. The molecule has 0 saturated carbocycles. The molecule has 0 fully saturated rings. The molecule has 17 heavy (non-hydrogen) atoms. The van der Waals surface area contributed by atoms with Gasteiger partial charge in [0.25, 0.3) is 0 Å². The molecule has 0 atom stereocenters. The fraction of sp³-hybridized carbons (Fsp3) is 0.357. The Morgan fingerprint density at radius 3 is 2.65 bits per heavy atom. The van der Waals surface area contributed by atoms with Crippen molar-refractivity contribution in [1.29, 1.82) is 0 Å². The molecule has 2 heterocycles. The molecular formula is C14H19N3. The molecule has 2 rings (SSSR count). The van der Waals surface area contributed by atoms with Crippen LogP contribution in [0.4, 0.5) is 0 Å². The Hall–Kier alpha value is -1.61. The standard InChI is InChI=1S/C14H19N3/c1-2-8-17-9-5-14(12-17)11-16-10-13-3-6-15-7-4-13/h3-7,9,12,16H,2,8,10-11H2,1H3. The normalized spacial score (nSPS) is 10.6. The summed E-state index contributed by atoms with van der Waals surface area (Å²) in [5.41, 5.74) is 2.61. The summed E-state index contributed by atoms with van der Waals surface area (Å²) < 4.78 is 2.24. The zero-order valence-corrected chi connectivity index (χ0v) is 10.3. The molecule has 0 unspecified atom stereocenters. The Morgan fingerprint density at radius 2 is 1.88 bits per heavy atom. The largest absolute Gasteiger partial charge is 0.354 e. The number of hydrogen-bond donors (Lipinski definition) is 1. The molecule has 2 aromatic heterocycles. The predicted octanol–water partition coefficient (Wildman–Crippen LogP) is 2.58. The maximum absolute atomic E-state index is 4.00. The summed E-state index contributed by atoms with van der Waals surface area (Å²) in [6.45, 7) is 5.10. The average molecular weight is 229 g/mol. The number of pyridine rings is 1. The highest BCUT2D eigenvalue weighted by Crippen LogP contribution is 2.03. The van der Waals surface area contributed by atoms with E-state index in [2.05, 4.69) is 40.3 Å². The highest BCUT2D eigenvalue weighted by Gasteiger charge is 1.96. The number of nitrogens with zero attached hydrogens (tertiary/aromatic N) is 2. The minimum atomic E-state index is 0.890. The lowest BCUT2D eigenvalue weighted by Gasteiger charge is -2.03. The Kier molecular flexibility index (Phi) is 4.33. The fourth-order valence-electron chi connectivity index (χ4n) is 1.84. The topological polar surface area (TPSA) is 29.9 Å². The van der Waals surface area contributed by atoms with Gasteiger partial charge in [-0.2, -0.15) is 0 Å². The number of aromatic nitrogens is 2. The molecule has 1 N–H and O–H groups in total. The number of aryl methyl sites for hydroxylation is 1. The summed E-state index contributed by atoms with van der Waals surface area (Å²) in [4.78, 5) is 4.00. The van der Waals surface area contributed by atoms with Crippen LogP contribution in [0.2, 0.25) is 0 Å². The van der Waals surface area contributed by atoms with Crippen molar-refractivity contribution in [3.8, 4) is 0 Å². The van der Waals surface area contributed by atoms with Crippen molar-refractivity contribution in [2.75, 3.05) is 0 Å². The van der Waals surface area contributed by atoms with E-state index in [1.54, 1.807) is 0 Å². The Balaban J connectivity index is 1.78. The molecule has 0 bridgehead atoms. The molecule has 0 spiro atoms. The van der Waals surface area contributed by atoms with Crippen LogP contribution in [-0.2, 0) is 19.6 Å². The van der Waals surface area contributed by atoms with Gasteiger partial charge in [-0.05, 0) is 35.7 Å². The highest BCUT2D eigenvalue weighted by molar-refractivity contribution is 5.12. The fourth-order valence-corrected chi connectivity index (χ4v) is 1.84. The van der Waals surface area contributed by atoms with Crippen LogP contribution in [0.1, 0.15) is 24.5 Å². The first-order chi connectivity index (χ1) is 8.38. The van der Waals surface area contributed by atoms with Crippen LogP contribution in [0.25, 0.3) is 0 Å². The van der Waals surface area contributed by atoms with Gasteiger partial charge in [-0.1, -0.05) is 6.92 Å². The van der Waals surface area contributed by atoms with Crippen molar-refractivity contribution in [2.24, 2.45) is 0 Å². The molecule has 0 aliphatic heterocycles. The van der Waals surface area contributed by atoms with Gasteiger partial charge in [0.05, 0.1) is 0 Å². The van der Waals surface area contributed by atoms with Gasteiger partial charge < -0.3 is 9.88 Å². The van der Waals surface area contributed by atoms with E-state index >= 15 is 0 Å². The van der Waals surface area contributed by atoms with Crippen LogP contribution in [0, 0.1) is 0 Å². The van der Waals surface area contributed by atoms with Crippen molar-refractivity contribution >= 4 is 0 Å². The summed E-state index contributed by atoms with van der Waals surface area (Å²) in [5.74, 6) is 0. The van der Waals surface area contributed by atoms with Gasteiger partial charge in [0.1, 0.15) is 0 Å². The van der Waals surface area contributed by atoms with E-state index in [0.29, 0.717) is 0 Å². The summed E-state index contributed by atoms with van der Waals surface area (Å²) in [5, 5.41) is 3.43. The van der Waals surface area contributed by atoms with E-state index < -0.39 is 0 Å². The van der Waals surface area contributed by atoms with Crippen LogP contribution in [0.3, 0.4) is 0 Å². The summed E-state index contributed by atoms with van der Waals surface area (Å²) in [6, 6.07) is 6.25. The molecule has 3 nitrogen and oxygen atoms in total. The van der Waals surface area contributed by atoms with Gasteiger partial charge in [0, 0.05) is 44.4 Å². The van der Waals surface area contributed by atoms with Gasteiger partial charge in [0.2, 0.25) is 0 Å². The van der Waals surface area contributed by atoms with E-state index in [1.165, 1.54) is 17.5 Å². The van der Waals surface area contributed by atoms with Crippen LogP contribution < -0.4 is 5.32 Å². The molecule has 0 aliphatic rings. The Labute approximate surface area is 103 Å². The zero-order valence-electron chi connectivity index (χ0n) is 10.3. The highest BCUT2D eigenvalue weighted by atomic mass is 14.9. The zero-order chi connectivity index (χ0) is 11.9. The molecule has 0 aliphatic carbocycles. The molecule has 2 aromatic rings. The average Bonchev–Trinajstić information content (AvgIpc) is 2.79. The summed E-state index contributed by atoms with van der Waals surface area (Å²) in [6.07, 6.45) is 9.19. The number of rotatable bonds is 6. The third-order valence-electron chi connectivity index (χ3n) is 2.70. The predicted molar refractivity (Wildman–Crippen MR) is 69.5 cm³/mol. The van der Waals surface area contributed by atoms with Crippen LogP contribution in [0.5, 0.6) is 0 Å². The van der Waals surface area contributed by atoms with Gasteiger partial charge in [0.15, 0.2) is 0 Å². The lowest BCUT2D eigenvalue weighted by atomic mass is 10.2. The van der Waals surface area contributed by atoms with Crippen molar-refractivity contribution in [3.05, 3.63) is 54.1 Å². The molecule has 0 amide bonds. The van der Waals surface area contributed by atoms with Crippen molar-refractivity contribution in [3.63, 3.8) is 0 Å². The maximum atomic E-state index is 4.00. The van der Waals surface area contributed by atoms with Gasteiger partial charge in [-0.3, -0.25) is 4.98 Å². The Bertz CT molecular complexity index is 434. The summed E-state index contributed by atoms with van der Waals surface area (Å²) >= 11 is 0. The first kappa shape index (κ1) is 11.9. The minimum Gasteiger partial charge on any atom is -0.354 e. The summed E-state index contributed by atoms with van der Waals surface area (Å²) in [7, 11) is 0.